The van der Waals surface area contributed by atoms with Gasteiger partial charge in [0.1, 0.15) is 5.38 Å². The lowest BCUT2D eigenvalue weighted by atomic mass is 10.4. The third-order valence-electron chi connectivity index (χ3n) is 1.14. The lowest BCUT2D eigenvalue weighted by Gasteiger charge is -2.04. The van der Waals surface area contributed by atoms with Crippen molar-refractivity contribution in [1.29, 1.82) is 0 Å². The molecule has 0 aromatic carbocycles. The van der Waals surface area contributed by atoms with Crippen LogP contribution in [0.1, 0.15) is 6.92 Å². The molecule has 0 fully saturated rings. The highest BCUT2D eigenvalue weighted by Gasteiger charge is 2.06. The fraction of sp³-hybridized carbons (Fsp3) is 0.625. The van der Waals surface area contributed by atoms with E-state index in [1.54, 1.807) is 18.7 Å². The van der Waals surface area contributed by atoms with E-state index in [9.17, 15) is 4.79 Å². The molecule has 0 rings (SSSR count). The summed E-state index contributed by atoms with van der Waals surface area (Å²) in [5.41, 5.74) is 0. The lowest BCUT2D eigenvalue weighted by Crippen LogP contribution is -2.31. The Balaban J connectivity index is 3.19. The van der Waals surface area contributed by atoms with Gasteiger partial charge in [-0.15, -0.1) is 18.2 Å². The minimum absolute atomic E-state index is 0.101. The van der Waals surface area contributed by atoms with E-state index in [2.05, 4.69) is 11.9 Å². The maximum Gasteiger partial charge on any atom is 0.237 e. The van der Waals surface area contributed by atoms with E-state index in [-0.39, 0.29) is 5.91 Å². The largest absolute Gasteiger partial charge is 0.354 e. The van der Waals surface area contributed by atoms with Gasteiger partial charge in [-0.1, -0.05) is 6.08 Å². The van der Waals surface area contributed by atoms with Crippen LogP contribution in [0, 0.1) is 0 Å². The van der Waals surface area contributed by atoms with Gasteiger partial charge in [0.2, 0.25) is 5.91 Å². The van der Waals surface area contributed by atoms with Gasteiger partial charge < -0.3 is 5.32 Å². The average Bonchev–Trinajstić information content (AvgIpc) is 2.03. The number of amides is 1. The Morgan fingerprint density at radius 2 is 2.50 bits per heavy atom. The van der Waals surface area contributed by atoms with Crippen molar-refractivity contribution in [3.8, 4) is 0 Å². The van der Waals surface area contributed by atoms with Crippen LogP contribution in [0.5, 0.6) is 0 Å². The summed E-state index contributed by atoms with van der Waals surface area (Å²) < 4.78 is 0. The Morgan fingerprint density at radius 3 is 3.00 bits per heavy atom. The van der Waals surface area contributed by atoms with Crippen LogP contribution >= 0.6 is 23.4 Å². The highest BCUT2D eigenvalue weighted by Crippen LogP contribution is 1.98. The second-order valence-corrected chi connectivity index (χ2v) is 4.08. The number of alkyl halides is 1. The molecular weight excluding hydrogens is 194 g/mol. The van der Waals surface area contributed by atoms with Gasteiger partial charge in [-0.05, 0) is 6.92 Å². The zero-order valence-corrected chi connectivity index (χ0v) is 8.75. The number of hydrogen-bond donors (Lipinski definition) is 1. The number of halogens is 1. The molecule has 4 heteroatoms. The summed E-state index contributed by atoms with van der Waals surface area (Å²) in [6.45, 7) is 5.93. The van der Waals surface area contributed by atoms with Crippen LogP contribution < -0.4 is 5.32 Å². The highest BCUT2D eigenvalue weighted by atomic mass is 35.5. The molecule has 1 N–H and O–H groups in total. The molecule has 12 heavy (non-hydrogen) atoms. The van der Waals surface area contributed by atoms with E-state index in [1.807, 2.05) is 6.08 Å². The Bertz CT molecular complexity index is 150. The number of thioether (sulfide) groups is 1. The minimum atomic E-state index is -0.436. The van der Waals surface area contributed by atoms with E-state index in [0.29, 0.717) is 6.54 Å². The minimum Gasteiger partial charge on any atom is -0.354 e. The topological polar surface area (TPSA) is 29.1 Å². The first-order valence-electron chi connectivity index (χ1n) is 3.79. The van der Waals surface area contributed by atoms with Crippen molar-refractivity contribution >= 4 is 29.3 Å². The number of nitrogens with one attached hydrogen (secondary N) is 1. The van der Waals surface area contributed by atoms with E-state index in [0.717, 1.165) is 11.5 Å². The van der Waals surface area contributed by atoms with Gasteiger partial charge >= 0.3 is 0 Å². The lowest BCUT2D eigenvalue weighted by molar-refractivity contribution is -0.120. The van der Waals surface area contributed by atoms with Crippen LogP contribution in [0.4, 0.5) is 0 Å². The number of rotatable bonds is 6. The van der Waals surface area contributed by atoms with E-state index in [1.165, 1.54) is 0 Å². The molecule has 0 aliphatic rings. The molecule has 0 radical (unpaired) electrons. The van der Waals surface area contributed by atoms with E-state index < -0.39 is 5.38 Å². The molecule has 1 amide bonds. The van der Waals surface area contributed by atoms with Gasteiger partial charge in [0.05, 0.1) is 0 Å². The summed E-state index contributed by atoms with van der Waals surface area (Å²) in [4.78, 5) is 10.9. The molecule has 1 unspecified atom stereocenters. The van der Waals surface area contributed by atoms with Crippen LogP contribution in [-0.4, -0.2) is 29.3 Å². The van der Waals surface area contributed by atoms with Gasteiger partial charge in [-0.25, -0.2) is 0 Å². The molecular formula is C8H14ClNOS. The quantitative estimate of drug-likeness (QED) is 0.408. The van der Waals surface area contributed by atoms with Crippen molar-refractivity contribution in [3.63, 3.8) is 0 Å². The Morgan fingerprint density at radius 1 is 1.83 bits per heavy atom. The maximum atomic E-state index is 10.9. The average molecular weight is 208 g/mol. The Labute approximate surface area is 82.7 Å². The summed E-state index contributed by atoms with van der Waals surface area (Å²) in [6, 6.07) is 0. The van der Waals surface area contributed by atoms with Crippen molar-refractivity contribution in [3.05, 3.63) is 12.7 Å². The monoisotopic (exact) mass is 207 g/mol. The zero-order chi connectivity index (χ0) is 9.40. The van der Waals surface area contributed by atoms with Gasteiger partial charge in [-0.3, -0.25) is 4.79 Å². The SMILES string of the molecule is C=CCSCCNC(=O)C(C)Cl. The first-order chi connectivity index (χ1) is 5.68. The van der Waals surface area contributed by atoms with Crippen LogP contribution in [0.25, 0.3) is 0 Å². The van der Waals surface area contributed by atoms with Gasteiger partial charge in [0, 0.05) is 18.1 Å². The van der Waals surface area contributed by atoms with E-state index in [4.69, 9.17) is 11.6 Å². The molecule has 0 aliphatic carbocycles. The second kappa shape index (κ2) is 7.50. The van der Waals surface area contributed by atoms with Crippen molar-refractivity contribution in [1.82, 2.24) is 5.32 Å². The molecule has 0 bridgehead atoms. The summed E-state index contributed by atoms with van der Waals surface area (Å²) in [6.07, 6.45) is 1.84. The predicted molar refractivity (Wildman–Crippen MR) is 55.8 cm³/mol. The maximum absolute atomic E-state index is 10.9. The molecule has 0 heterocycles. The van der Waals surface area contributed by atoms with Crippen molar-refractivity contribution in [2.45, 2.75) is 12.3 Å². The van der Waals surface area contributed by atoms with Crippen LogP contribution in [0.2, 0.25) is 0 Å². The molecule has 70 valence electrons. The molecule has 0 aromatic rings. The molecule has 1 atom stereocenters. The zero-order valence-electron chi connectivity index (χ0n) is 7.18. The fourth-order valence-electron chi connectivity index (χ4n) is 0.554. The molecule has 0 aromatic heterocycles. The summed E-state index contributed by atoms with van der Waals surface area (Å²) in [5.74, 6) is 1.73. The number of carbonyl (C=O) groups excluding carboxylic acids is 1. The normalized spacial score (nSPS) is 12.2. The van der Waals surface area contributed by atoms with Crippen LogP contribution in [-0.2, 0) is 4.79 Å². The Kier molecular flexibility index (Phi) is 7.40. The van der Waals surface area contributed by atoms with Crippen molar-refractivity contribution in [2.75, 3.05) is 18.1 Å². The second-order valence-electron chi connectivity index (χ2n) is 2.27. The predicted octanol–water partition coefficient (Wildman–Crippen LogP) is 1.65. The summed E-state index contributed by atoms with van der Waals surface area (Å²) >= 11 is 7.26. The van der Waals surface area contributed by atoms with E-state index >= 15 is 0 Å². The molecule has 0 aliphatic heterocycles. The standard InChI is InChI=1S/C8H14ClNOS/c1-3-5-12-6-4-10-8(11)7(2)9/h3,7H,1,4-6H2,2H3,(H,10,11). The van der Waals surface area contributed by atoms with Crippen molar-refractivity contribution < 1.29 is 4.79 Å². The Hall–Kier alpha value is -0.150. The van der Waals surface area contributed by atoms with Crippen molar-refractivity contribution in [2.24, 2.45) is 0 Å². The van der Waals surface area contributed by atoms with Gasteiger partial charge in [0.25, 0.3) is 0 Å². The first-order valence-corrected chi connectivity index (χ1v) is 5.38. The number of carbonyl (C=O) groups is 1. The third kappa shape index (κ3) is 6.55. The summed E-state index contributed by atoms with van der Waals surface area (Å²) in [7, 11) is 0. The third-order valence-corrected chi connectivity index (χ3v) is 2.31. The molecule has 0 spiro atoms. The highest BCUT2D eigenvalue weighted by molar-refractivity contribution is 7.99. The fourth-order valence-corrected chi connectivity index (χ4v) is 1.21. The van der Waals surface area contributed by atoms with Crippen LogP contribution in [0.3, 0.4) is 0 Å². The summed E-state index contributed by atoms with van der Waals surface area (Å²) in [5, 5.41) is 2.28. The molecule has 0 saturated carbocycles. The van der Waals surface area contributed by atoms with Gasteiger partial charge in [0.15, 0.2) is 0 Å². The number of hydrogen-bond acceptors (Lipinski definition) is 2. The molecule has 0 saturated heterocycles. The van der Waals surface area contributed by atoms with Crippen LogP contribution in [0.15, 0.2) is 12.7 Å². The van der Waals surface area contributed by atoms with Gasteiger partial charge in [-0.2, -0.15) is 11.8 Å². The molecule has 2 nitrogen and oxygen atoms in total. The smallest absolute Gasteiger partial charge is 0.237 e. The first kappa shape index (κ1) is 11.8.